The molecule has 0 aromatic heterocycles. The van der Waals surface area contributed by atoms with Crippen molar-refractivity contribution in [3.63, 3.8) is 0 Å². The zero-order valence-electron chi connectivity index (χ0n) is 10.9. The highest BCUT2D eigenvalue weighted by atomic mass is 79.9. The Labute approximate surface area is 131 Å². The van der Waals surface area contributed by atoms with Gasteiger partial charge in [0.15, 0.2) is 0 Å². The van der Waals surface area contributed by atoms with E-state index in [2.05, 4.69) is 44.7 Å². The fraction of sp³-hybridized carbons (Fsp3) is 0.600. The van der Waals surface area contributed by atoms with Crippen molar-refractivity contribution in [2.75, 3.05) is 0 Å². The number of halogens is 2. The summed E-state index contributed by atoms with van der Waals surface area (Å²) in [6, 6.07) is 0. The predicted octanol–water partition coefficient (Wildman–Crippen LogP) is 4.29. The molecule has 1 unspecified atom stereocenters. The Morgan fingerprint density at radius 2 is 2.32 bits per heavy atom. The van der Waals surface area contributed by atoms with Gasteiger partial charge in [0.25, 0.3) is 0 Å². The summed E-state index contributed by atoms with van der Waals surface area (Å²) < 4.78 is 13.2. The van der Waals surface area contributed by atoms with E-state index in [0.29, 0.717) is 10.9 Å². The summed E-state index contributed by atoms with van der Waals surface area (Å²) in [6.45, 7) is 2.16. The van der Waals surface area contributed by atoms with Crippen LogP contribution in [-0.2, 0) is 9.47 Å². The summed E-state index contributed by atoms with van der Waals surface area (Å²) in [7, 11) is 0. The van der Waals surface area contributed by atoms with Crippen LogP contribution >= 0.6 is 31.9 Å². The van der Waals surface area contributed by atoms with E-state index in [4.69, 9.17) is 15.9 Å². The minimum absolute atomic E-state index is 0.173. The lowest BCUT2D eigenvalue weighted by atomic mass is 9.99. The Bertz CT molecular complexity index is 422. The van der Waals surface area contributed by atoms with Gasteiger partial charge in [-0.1, -0.05) is 50.8 Å². The molecule has 0 N–H and O–H groups in total. The maximum atomic E-state index is 6.10. The number of hydrogen-bond acceptors (Lipinski definition) is 2. The smallest absolute Gasteiger partial charge is 0.126 e. The van der Waals surface area contributed by atoms with Gasteiger partial charge in [0.1, 0.15) is 18.0 Å². The SMILES string of the molecule is C#C/C=C\C/C(Br)=C1\C[C@@H]2O[C@H](CC)C(Br)C[C@@H]2O1. The van der Waals surface area contributed by atoms with E-state index >= 15 is 0 Å². The Kier molecular flexibility index (Phi) is 5.56. The molecule has 4 atom stereocenters. The molecule has 0 saturated carbocycles. The maximum Gasteiger partial charge on any atom is 0.126 e. The van der Waals surface area contributed by atoms with E-state index in [0.717, 1.165) is 35.9 Å². The third-order valence-electron chi connectivity index (χ3n) is 3.52. The molecule has 0 bridgehead atoms. The highest BCUT2D eigenvalue weighted by Crippen LogP contribution is 2.40. The second-order valence-corrected chi connectivity index (χ2v) is 6.97. The van der Waals surface area contributed by atoms with E-state index in [1.165, 1.54) is 0 Å². The largest absolute Gasteiger partial charge is 0.491 e. The first-order valence-corrected chi connectivity index (χ1v) is 8.31. The number of rotatable bonds is 3. The molecule has 2 heterocycles. The van der Waals surface area contributed by atoms with Crippen LogP contribution in [0.2, 0.25) is 0 Å². The number of fused-ring (bicyclic) bond motifs is 1. The van der Waals surface area contributed by atoms with Crippen LogP contribution in [0.15, 0.2) is 22.4 Å². The molecule has 2 rings (SSSR count). The molecular weight excluding hydrogens is 372 g/mol. The number of terminal acetylenes is 1. The van der Waals surface area contributed by atoms with Gasteiger partial charge < -0.3 is 9.47 Å². The number of allylic oxidation sites excluding steroid dienone is 3. The Balaban J connectivity index is 2.01. The molecule has 0 spiro atoms. The Morgan fingerprint density at radius 3 is 3.00 bits per heavy atom. The van der Waals surface area contributed by atoms with E-state index in [1.54, 1.807) is 6.08 Å². The zero-order chi connectivity index (χ0) is 13.8. The third-order valence-corrected chi connectivity index (χ3v) is 5.25. The fourth-order valence-electron chi connectivity index (χ4n) is 2.51. The molecule has 104 valence electrons. The number of alkyl halides is 1. The van der Waals surface area contributed by atoms with Crippen molar-refractivity contribution in [2.45, 2.75) is 55.7 Å². The van der Waals surface area contributed by atoms with Gasteiger partial charge in [-0.2, -0.15) is 0 Å². The van der Waals surface area contributed by atoms with Crippen molar-refractivity contribution in [1.82, 2.24) is 0 Å². The highest BCUT2D eigenvalue weighted by Gasteiger charge is 2.42. The summed E-state index contributed by atoms with van der Waals surface area (Å²) in [6.07, 6.45) is 13.2. The lowest BCUT2D eigenvalue weighted by Crippen LogP contribution is -2.42. The van der Waals surface area contributed by atoms with Gasteiger partial charge in [0, 0.05) is 28.6 Å². The fourth-order valence-corrected chi connectivity index (χ4v) is 3.82. The third kappa shape index (κ3) is 3.65. The molecule has 2 saturated heterocycles. The van der Waals surface area contributed by atoms with Crippen LogP contribution in [0.4, 0.5) is 0 Å². The van der Waals surface area contributed by atoms with Crippen LogP contribution in [-0.4, -0.2) is 23.1 Å². The van der Waals surface area contributed by atoms with Gasteiger partial charge in [-0.25, -0.2) is 0 Å². The topological polar surface area (TPSA) is 18.5 Å². The summed E-state index contributed by atoms with van der Waals surface area (Å²) in [5.74, 6) is 3.49. The van der Waals surface area contributed by atoms with Crippen molar-refractivity contribution < 1.29 is 9.47 Å². The highest BCUT2D eigenvalue weighted by molar-refractivity contribution is 9.11. The van der Waals surface area contributed by atoms with E-state index < -0.39 is 0 Å². The molecule has 0 aliphatic carbocycles. The monoisotopic (exact) mass is 388 g/mol. The summed E-state index contributed by atoms with van der Waals surface area (Å²) in [5.41, 5.74) is 0. The van der Waals surface area contributed by atoms with Crippen LogP contribution in [0, 0.1) is 12.3 Å². The Hall–Kier alpha value is -0.240. The van der Waals surface area contributed by atoms with E-state index in [-0.39, 0.29) is 12.2 Å². The first-order valence-electron chi connectivity index (χ1n) is 6.60. The lowest BCUT2D eigenvalue weighted by molar-refractivity contribution is -0.0853. The average Bonchev–Trinajstić information content (AvgIpc) is 2.80. The number of hydrogen-bond donors (Lipinski definition) is 0. The van der Waals surface area contributed by atoms with E-state index in [9.17, 15) is 0 Å². The zero-order valence-corrected chi connectivity index (χ0v) is 14.1. The van der Waals surface area contributed by atoms with Crippen LogP contribution < -0.4 is 0 Å². The molecule has 0 amide bonds. The van der Waals surface area contributed by atoms with Gasteiger partial charge >= 0.3 is 0 Å². The van der Waals surface area contributed by atoms with E-state index in [1.807, 2.05) is 6.08 Å². The molecule has 0 radical (unpaired) electrons. The van der Waals surface area contributed by atoms with Crippen molar-refractivity contribution >= 4 is 31.9 Å². The quantitative estimate of drug-likeness (QED) is 0.529. The first kappa shape index (κ1) is 15.2. The predicted molar refractivity (Wildman–Crippen MR) is 84.3 cm³/mol. The molecule has 2 aliphatic heterocycles. The molecule has 2 nitrogen and oxygen atoms in total. The van der Waals surface area contributed by atoms with Crippen LogP contribution in [0.5, 0.6) is 0 Å². The van der Waals surface area contributed by atoms with Gasteiger partial charge in [-0.05, 0) is 12.5 Å². The average molecular weight is 390 g/mol. The van der Waals surface area contributed by atoms with Crippen molar-refractivity contribution in [3.8, 4) is 12.3 Å². The molecule has 2 aliphatic rings. The van der Waals surface area contributed by atoms with Gasteiger partial charge in [-0.3, -0.25) is 0 Å². The molecule has 0 aromatic rings. The minimum atomic E-state index is 0.173. The lowest BCUT2D eigenvalue weighted by Gasteiger charge is -2.34. The molecule has 4 heteroatoms. The molecule has 2 fully saturated rings. The summed E-state index contributed by atoms with van der Waals surface area (Å²) in [5, 5.41) is 0. The van der Waals surface area contributed by atoms with Crippen molar-refractivity contribution in [1.29, 1.82) is 0 Å². The van der Waals surface area contributed by atoms with Gasteiger partial charge in [-0.15, -0.1) is 6.42 Å². The molecule has 0 aromatic carbocycles. The Morgan fingerprint density at radius 1 is 1.53 bits per heavy atom. The number of ether oxygens (including phenoxy) is 2. The van der Waals surface area contributed by atoms with Gasteiger partial charge in [0.05, 0.1) is 6.10 Å². The summed E-state index contributed by atoms with van der Waals surface area (Å²) >= 11 is 7.28. The van der Waals surface area contributed by atoms with Crippen LogP contribution in [0.3, 0.4) is 0 Å². The van der Waals surface area contributed by atoms with Crippen LogP contribution in [0.25, 0.3) is 0 Å². The standard InChI is InChI=1S/C15H18Br2O2/c1-3-5-6-7-10(16)13-9-15-14(19-13)8-11(17)12(4-2)18-15/h1,5-6,11-12,14-15H,4,7-9H2,2H3/b6-5-,13-10-/t11?,12-,14+,15+/m1/s1. The minimum Gasteiger partial charge on any atom is -0.491 e. The summed E-state index contributed by atoms with van der Waals surface area (Å²) in [4.78, 5) is 0.387. The van der Waals surface area contributed by atoms with Crippen molar-refractivity contribution in [2.24, 2.45) is 0 Å². The molecular formula is C15H18Br2O2. The first-order chi connectivity index (χ1) is 9.15. The normalized spacial score (nSPS) is 36.7. The second-order valence-electron chi connectivity index (χ2n) is 4.83. The second kappa shape index (κ2) is 6.97. The van der Waals surface area contributed by atoms with Crippen LogP contribution in [0.1, 0.15) is 32.6 Å². The maximum absolute atomic E-state index is 6.10. The molecule has 19 heavy (non-hydrogen) atoms. The van der Waals surface area contributed by atoms with Gasteiger partial charge in [0.2, 0.25) is 0 Å². The van der Waals surface area contributed by atoms with Crippen molar-refractivity contribution in [3.05, 3.63) is 22.4 Å².